The van der Waals surface area contributed by atoms with Gasteiger partial charge in [-0.05, 0) is 64.0 Å². The topological polar surface area (TPSA) is 18.5 Å². The lowest BCUT2D eigenvalue weighted by atomic mass is 10.0. The highest BCUT2D eigenvalue weighted by Crippen LogP contribution is 2.17. The number of nitrogens with zero attached hydrogens (tertiary/aromatic N) is 2. The van der Waals surface area contributed by atoms with Gasteiger partial charge in [0.05, 0.1) is 0 Å². The van der Waals surface area contributed by atoms with Crippen LogP contribution in [0.3, 0.4) is 0 Å². The van der Waals surface area contributed by atoms with E-state index in [9.17, 15) is 0 Å². The second-order valence-corrected chi connectivity index (χ2v) is 6.56. The van der Waals surface area contributed by atoms with Crippen LogP contribution in [0.1, 0.15) is 25.7 Å². The smallest absolute Gasteiger partial charge is 0.169 e. The van der Waals surface area contributed by atoms with Gasteiger partial charge in [-0.15, -0.1) is 0 Å². The minimum atomic E-state index is 0.592. The van der Waals surface area contributed by atoms with Crippen molar-refractivity contribution in [2.24, 2.45) is 0 Å². The molecule has 0 saturated carbocycles. The minimum Gasteiger partial charge on any atom is -0.363 e. The standard InChI is InChI=1S/C13H27N3S2/c1-15(2)11-12-7-4-5-9-16(12)13(17)14-8-6-10-18-3/h12H,4-11H2,1-3H3,(H,14,17). The van der Waals surface area contributed by atoms with Crippen molar-refractivity contribution in [2.45, 2.75) is 31.7 Å². The SMILES string of the molecule is CSCCCNC(=S)N1CCCCC1CN(C)C. The van der Waals surface area contributed by atoms with E-state index in [1.807, 2.05) is 11.8 Å². The van der Waals surface area contributed by atoms with E-state index < -0.39 is 0 Å². The van der Waals surface area contributed by atoms with Crippen LogP contribution in [0.4, 0.5) is 0 Å². The number of hydrogen-bond acceptors (Lipinski definition) is 3. The summed E-state index contributed by atoms with van der Waals surface area (Å²) < 4.78 is 0. The van der Waals surface area contributed by atoms with Crippen LogP contribution in [-0.2, 0) is 0 Å². The van der Waals surface area contributed by atoms with Gasteiger partial charge in [-0.25, -0.2) is 0 Å². The van der Waals surface area contributed by atoms with E-state index in [2.05, 4.69) is 35.5 Å². The van der Waals surface area contributed by atoms with Gasteiger partial charge in [-0.1, -0.05) is 0 Å². The zero-order valence-corrected chi connectivity index (χ0v) is 13.6. The zero-order valence-electron chi connectivity index (χ0n) is 11.9. The molecule has 18 heavy (non-hydrogen) atoms. The number of nitrogens with one attached hydrogen (secondary N) is 1. The lowest BCUT2D eigenvalue weighted by molar-refractivity contribution is 0.193. The maximum Gasteiger partial charge on any atom is 0.169 e. The van der Waals surface area contributed by atoms with Crippen LogP contribution in [0, 0.1) is 0 Å². The molecule has 1 fully saturated rings. The summed E-state index contributed by atoms with van der Waals surface area (Å²) in [7, 11) is 4.28. The monoisotopic (exact) mass is 289 g/mol. The van der Waals surface area contributed by atoms with Crippen molar-refractivity contribution in [2.75, 3.05) is 45.7 Å². The van der Waals surface area contributed by atoms with Crippen LogP contribution in [0.5, 0.6) is 0 Å². The maximum atomic E-state index is 5.54. The fourth-order valence-corrected chi connectivity index (χ4v) is 3.17. The predicted octanol–water partition coefficient (Wildman–Crippen LogP) is 2.03. The van der Waals surface area contributed by atoms with E-state index in [0.29, 0.717) is 6.04 Å². The Morgan fingerprint density at radius 2 is 2.22 bits per heavy atom. The number of rotatable bonds is 6. The van der Waals surface area contributed by atoms with Crippen molar-refractivity contribution >= 4 is 29.1 Å². The first-order valence-corrected chi connectivity index (χ1v) is 8.63. The molecule has 0 amide bonds. The second kappa shape index (κ2) is 8.99. The Kier molecular flexibility index (Phi) is 8.02. The molecular weight excluding hydrogens is 262 g/mol. The lowest BCUT2D eigenvalue weighted by Gasteiger charge is -2.39. The quantitative estimate of drug-likeness (QED) is 0.594. The first-order chi connectivity index (χ1) is 8.65. The Morgan fingerprint density at radius 1 is 1.44 bits per heavy atom. The molecule has 5 heteroatoms. The summed E-state index contributed by atoms with van der Waals surface area (Å²) in [5.41, 5.74) is 0. The molecule has 0 aliphatic carbocycles. The van der Waals surface area contributed by atoms with Gasteiger partial charge in [0.2, 0.25) is 0 Å². The molecule has 0 spiro atoms. The van der Waals surface area contributed by atoms with Crippen molar-refractivity contribution in [3.8, 4) is 0 Å². The number of thiocarbonyl (C=S) groups is 1. The van der Waals surface area contributed by atoms with Crippen LogP contribution in [-0.4, -0.2) is 66.7 Å². The van der Waals surface area contributed by atoms with Gasteiger partial charge in [0.15, 0.2) is 5.11 Å². The summed E-state index contributed by atoms with van der Waals surface area (Å²) in [5.74, 6) is 1.21. The van der Waals surface area contributed by atoms with Crippen molar-refractivity contribution in [3.05, 3.63) is 0 Å². The minimum absolute atomic E-state index is 0.592. The molecule has 1 aliphatic heterocycles. The third-order valence-corrected chi connectivity index (χ3v) is 4.34. The molecule has 0 aromatic rings. The van der Waals surface area contributed by atoms with Crippen LogP contribution in [0.15, 0.2) is 0 Å². The Balaban J connectivity index is 2.37. The van der Waals surface area contributed by atoms with Gasteiger partial charge >= 0.3 is 0 Å². The number of likely N-dealkylation sites (N-methyl/N-ethyl adjacent to an activating group) is 1. The van der Waals surface area contributed by atoms with E-state index in [0.717, 1.165) is 24.7 Å². The highest BCUT2D eigenvalue weighted by atomic mass is 32.2. The normalized spacial score (nSPS) is 20.2. The number of hydrogen-bond donors (Lipinski definition) is 1. The average Bonchev–Trinajstić information content (AvgIpc) is 2.34. The number of likely N-dealkylation sites (tertiary alicyclic amines) is 1. The molecule has 0 bridgehead atoms. The molecule has 0 radical (unpaired) electrons. The Hall–Kier alpha value is -0.0000000000000000486. The first-order valence-electron chi connectivity index (χ1n) is 6.83. The summed E-state index contributed by atoms with van der Waals surface area (Å²) in [6.45, 7) is 3.23. The van der Waals surface area contributed by atoms with Gasteiger partial charge in [0.1, 0.15) is 0 Å². The molecule has 1 saturated heterocycles. The second-order valence-electron chi connectivity index (χ2n) is 5.18. The van der Waals surface area contributed by atoms with Crippen molar-refractivity contribution in [3.63, 3.8) is 0 Å². The molecule has 1 rings (SSSR count). The number of thioether (sulfide) groups is 1. The van der Waals surface area contributed by atoms with Gasteiger partial charge in [-0.2, -0.15) is 11.8 Å². The van der Waals surface area contributed by atoms with Crippen LogP contribution >= 0.6 is 24.0 Å². The van der Waals surface area contributed by atoms with E-state index in [-0.39, 0.29) is 0 Å². The van der Waals surface area contributed by atoms with Gasteiger partial charge in [0.25, 0.3) is 0 Å². The Morgan fingerprint density at radius 3 is 2.89 bits per heavy atom. The average molecular weight is 290 g/mol. The summed E-state index contributed by atoms with van der Waals surface area (Å²) in [6, 6.07) is 0.592. The summed E-state index contributed by atoms with van der Waals surface area (Å²) >= 11 is 7.44. The molecule has 0 aromatic carbocycles. The Bertz CT molecular complexity index is 246. The van der Waals surface area contributed by atoms with Crippen molar-refractivity contribution < 1.29 is 0 Å². The van der Waals surface area contributed by atoms with E-state index in [1.165, 1.54) is 31.4 Å². The summed E-state index contributed by atoms with van der Waals surface area (Å²) in [6.07, 6.45) is 7.22. The maximum absolute atomic E-state index is 5.54. The fraction of sp³-hybridized carbons (Fsp3) is 0.923. The molecule has 0 aromatic heterocycles. The molecule has 1 heterocycles. The van der Waals surface area contributed by atoms with E-state index in [1.54, 1.807) is 0 Å². The summed E-state index contributed by atoms with van der Waals surface area (Å²) in [5, 5.41) is 4.38. The summed E-state index contributed by atoms with van der Waals surface area (Å²) in [4.78, 5) is 4.66. The Labute approximate surface area is 122 Å². The highest BCUT2D eigenvalue weighted by molar-refractivity contribution is 7.98. The molecule has 1 atom stereocenters. The lowest BCUT2D eigenvalue weighted by Crippen LogP contribution is -2.52. The predicted molar refractivity (Wildman–Crippen MR) is 86.5 cm³/mol. The van der Waals surface area contributed by atoms with Crippen molar-refractivity contribution in [1.29, 1.82) is 0 Å². The third-order valence-electron chi connectivity index (χ3n) is 3.27. The number of piperidine rings is 1. The van der Waals surface area contributed by atoms with Gasteiger partial charge in [0, 0.05) is 25.7 Å². The third kappa shape index (κ3) is 5.76. The van der Waals surface area contributed by atoms with Crippen LogP contribution in [0.2, 0.25) is 0 Å². The molecular formula is C13H27N3S2. The van der Waals surface area contributed by atoms with E-state index in [4.69, 9.17) is 12.2 Å². The fourth-order valence-electron chi connectivity index (χ4n) is 2.39. The molecule has 3 nitrogen and oxygen atoms in total. The molecule has 1 aliphatic rings. The largest absolute Gasteiger partial charge is 0.363 e. The van der Waals surface area contributed by atoms with E-state index >= 15 is 0 Å². The highest BCUT2D eigenvalue weighted by Gasteiger charge is 2.24. The molecule has 1 N–H and O–H groups in total. The molecule has 1 unspecified atom stereocenters. The van der Waals surface area contributed by atoms with Crippen LogP contribution in [0.25, 0.3) is 0 Å². The molecule has 106 valence electrons. The van der Waals surface area contributed by atoms with Gasteiger partial charge in [-0.3, -0.25) is 0 Å². The van der Waals surface area contributed by atoms with Crippen molar-refractivity contribution in [1.82, 2.24) is 15.1 Å². The van der Waals surface area contributed by atoms with Gasteiger partial charge < -0.3 is 15.1 Å². The first kappa shape index (κ1) is 16.1. The zero-order chi connectivity index (χ0) is 13.4. The van der Waals surface area contributed by atoms with Crippen LogP contribution < -0.4 is 5.32 Å².